The van der Waals surface area contributed by atoms with Crippen molar-refractivity contribution in [3.05, 3.63) is 60.2 Å². The van der Waals surface area contributed by atoms with Crippen molar-refractivity contribution < 1.29 is 0 Å². The minimum Gasteiger partial charge on any atom is -0.265 e. The van der Waals surface area contributed by atoms with Crippen LogP contribution in [0.4, 0.5) is 0 Å². The van der Waals surface area contributed by atoms with Gasteiger partial charge in [0.1, 0.15) is 0 Å². The predicted molar refractivity (Wildman–Crippen MR) is 65.5 cm³/mol. The van der Waals surface area contributed by atoms with Crippen LogP contribution in [0.2, 0.25) is 0 Å². The third kappa shape index (κ3) is 2.39. The van der Waals surface area contributed by atoms with Crippen molar-refractivity contribution in [1.29, 1.82) is 0 Å². The Bertz CT molecular complexity index is 387. The smallest absolute Gasteiger partial charge is 0.0667 e. The van der Waals surface area contributed by atoms with Crippen LogP contribution in [0, 0.1) is 0 Å². The van der Waals surface area contributed by atoms with Crippen molar-refractivity contribution in [3.63, 3.8) is 0 Å². The van der Waals surface area contributed by atoms with E-state index >= 15 is 0 Å². The lowest BCUT2D eigenvalue weighted by Crippen LogP contribution is -2.04. The Hall–Kier alpha value is -1.41. The fourth-order valence-electron chi connectivity index (χ4n) is 1.63. The molecule has 2 heterocycles. The maximum absolute atomic E-state index is 6.42. The van der Waals surface area contributed by atoms with Gasteiger partial charge in [-0.25, -0.2) is 0 Å². The molecule has 16 heavy (non-hydrogen) atoms. The fourth-order valence-corrected chi connectivity index (χ4v) is 1.91. The Morgan fingerprint density at radius 1 is 1.06 bits per heavy atom. The molecule has 0 aliphatic rings. The zero-order chi connectivity index (χ0) is 11.4. The van der Waals surface area contributed by atoms with Gasteiger partial charge in [-0.3, -0.25) is 9.97 Å². The van der Waals surface area contributed by atoms with Crippen LogP contribution in [0.3, 0.4) is 0 Å². The Morgan fingerprint density at radius 2 is 1.81 bits per heavy atom. The van der Waals surface area contributed by atoms with Crippen molar-refractivity contribution in [1.82, 2.24) is 9.97 Å². The van der Waals surface area contributed by atoms with Gasteiger partial charge < -0.3 is 0 Å². The van der Waals surface area contributed by atoms with Gasteiger partial charge in [0.25, 0.3) is 0 Å². The normalized spacial score (nSPS) is 14.4. The average Bonchev–Trinajstić information content (AvgIpc) is 2.39. The molecule has 3 heteroatoms. The molecule has 2 atom stereocenters. The predicted octanol–water partition coefficient (Wildman–Crippen LogP) is 3.56. The Balaban J connectivity index is 2.20. The van der Waals surface area contributed by atoms with E-state index in [0.29, 0.717) is 0 Å². The molecule has 0 N–H and O–H groups in total. The van der Waals surface area contributed by atoms with E-state index in [1.807, 2.05) is 30.3 Å². The molecule has 0 aliphatic heterocycles. The lowest BCUT2D eigenvalue weighted by Gasteiger charge is -2.17. The number of halogens is 1. The molecule has 0 aliphatic carbocycles. The maximum Gasteiger partial charge on any atom is 0.0667 e. The highest BCUT2D eigenvalue weighted by Gasteiger charge is 2.18. The quantitative estimate of drug-likeness (QED) is 0.757. The molecule has 0 fully saturated rings. The Morgan fingerprint density at radius 3 is 2.44 bits per heavy atom. The number of hydrogen-bond donors (Lipinski definition) is 0. The lowest BCUT2D eigenvalue weighted by molar-refractivity contribution is 0.705. The first-order chi connectivity index (χ1) is 7.79. The number of aromatic nitrogens is 2. The van der Waals surface area contributed by atoms with Crippen LogP contribution in [-0.4, -0.2) is 9.97 Å². The van der Waals surface area contributed by atoms with Crippen LogP contribution < -0.4 is 0 Å². The summed E-state index contributed by atoms with van der Waals surface area (Å²) in [5.41, 5.74) is 2.09. The second kappa shape index (κ2) is 5.08. The summed E-state index contributed by atoms with van der Waals surface area (Å²) < 4.78 is 0. The largest absolute Gasteiger partial charge is 0.265 e. The molecule has 0 saturated heterocycles. The molecule has 0 bridgehead atoms. The molecular weight excluding hydrogens is 220 g/mol. The average molecular weight is 233 g/mol. The molecule has 0 spiro atoms. The van der Waals surface area contributed by atoms with Gasteiger partial charge in [-0.05, 0) is 29.8 Å². The van der Waals surface area contributed by atoms with Crippen LogP contribution in [0.1, 0.15) is 29.5 Å². The molecular formula is C13H13ClN2. The molecule has 2 nitrogen and oxygen atoms in total. The summed E-state index contributed by atoms with van der Waals surface area (Å²) >= 11 is 6.42. The van der Waals surface area contributed by atoms with Crippen LogP contribution >= 0.6 is 11.6 Å². The summed E-state index contributed by atoms with van der Waals surface area (Å²) in [5.74, 6) is 0.185. The number of nitrogens with zero attached hydrogens (tertiary/aromatic N) is 2. The minimum absolute atomic E-state index is 0.0714. The molecule has 0 saturated carbocycles. The monoisotopic (exact) mass is 232 g/mol. The summed E-state index contributed by atoms with van der Waals surface area (Å²) in [5, 5.41) is -0.0714. The number of pyridine rings is 2. The maximum atomic E-state index is 6.42. The van der Waals surface area contributed by atoms with Crippen molar-refractivity contribution in [3.8, 4) is 0 Å². The van der Waals surface area contributed by atoms with E-state index in [1.54, 1.807) is 18.6 Å². The Labute approximate surface area is 100 Å². The fraction of sp³-hybridized carbons (Fsp3) is 0.231. The Kier molecular flexibility index (Phi) is 3.52. The zero-order valence-corrected chi connectivity index (χ0v) is 9.80. The first-order valence-corrected chi connectivity index (χ1v) is 5.67. The van der Waals surface area contributed by atoms with E-state index in [9.17, 15) is 0 Å². The van der Waals surface area contributed by atoms with Gasteiger partial charge in [0, 0.05) is 30.2 Å². The van der Waals surface area contributed by atoms with E-state index in [1.165, 1.54) is 0 Å². The SMILES string of the molecule is CC(c1ccccn1)C(Cl)c1ccncc1. The van der Waals surface area contributed by atoms with E-state index in [2.05, 4.69) is 16.9 Å². The number of alkyl halides is 1. The van der Waals surface area contributed by atoms with Crippen molar-refractivity contribution in [2.75, 3.05) is 0 Å². The number of hydrogen-bond acceptors (Lipinski definition) is 2. The van der Waals surface area contributed by atoms with Gasteiger partial charge in [-0.2, -0.15) is 0 Å². The highest BCUT2D eigenvalue weighted by atomic mass is 35.5. The first kappa shape index (κ1) is 11.1. The minimum atomic E-state index is -0.0714. The third-order valence-corrected chi connectivity index (χ3v) is 3.25. The lowest BCUT2D eigenvalue weighted by atomic mass is 9.98. The first-order valence-electron chi connectivity index (χ1n) is 5.24. The van der Waals surface area contributed by atoms with E-state index in [0.717, 1.165) is 11.3 Å². The molecule has 2 aromatic rings. The van der Waals surface area contributed by atoms with E-state index in [4.69, 9.17) is 11.6 Å². The second-order valence-electron chi connectivity index (χ2n) is 3.73. The summed E-state index contributed by atoms with van der Waals surface area (Å²) in [6.45, 7) is 2.08. The van der Waals surface area contributed by atoms with Crippen LogP contribution in [0.5, 0.6) is 0 Å². The highest BCUT2D eigenvalue weighted by Crippen LogP contribution is 2.34. The molecule has 0 radical (unpaired) electrons. The molecule has 2 rings (SSSR count). The third-order valence-electron chi connectivity index (χ3n) is 2.62. The zero-order valence-electron chi connectivity index (χ0n) is 9.05. The van der Waals surface area contributed by atoms with Gasteiger partial charge in [-0.1, -0.05) is 13.0 Å². The van der Waals surface area contributed by atoms with Crippen LogP contribution in [0.15, 0.2) is 48.9 Å². The van der Waals surface area contributed by atoms with Gasteiger partial charge >= 0.3 is 0 Å². The number of rotatable bonds is 3. The van der Waals surface area contributed by atoms with E-state index in [-0.39, 0.29) is 11.3 Å². The van der Waals surface area contributed by atoms with Crippen molar-refractivity contribution >= 4 is 11.6 Å². The van der Waals surface area contributed by atoms with Gasteiger partial charge in [0.05, 0.1) is 5.38 Å². The molecule has 82 valence electrons. The van der Waals surface area contributed by atoms with Gasteiger partial charge in [-0.15, -0.1) is 11.6 Å². The standard InChI is InChI=1S/C13H13ClN2/c1-10(12-4-2-3-7-16-12)13(14)11-5-8-15-9-6-11/h2-10,13H,1H3. The molecule has 0 aromatic carbocycles. The molecule has 2 aromatic heterocycles. The van der Waals surface area contributed by atoms with Crippen molar-refractivity contribution in [2.24, 2.45) is 0 Å². The van der Waals surface area contributed by atoms with Crippen LogP contribution in [0.25, 0.3) is 0 Å². The summed E-state index contributed by atoms with van der Waals surface area (Å²) in [7, 11) is 0. The summed E-state index contributed by atoms with van der Waals surface area (Å²) in [6.07, 6.45) is 5.31. The second-order valence-corrected chi connectivity index (χ2v) is 4.20. The van der Waals surface area contributed by atoms with Gasteiger partial charge in [0.2, 0.25) is 0 Å². The molecule has 2 unspecified atom stereocenters. The summed E-state index contributed by atoms with van der Waals surface area (Å²) in [6, 6.07) is 9.77. The topological polar surface area (TPSA) is 25.8 Å². The summed E-state index contributed by atoms with van der Waals surface area (Å²) in [4.78, 5) is 8.31. The van der Waals surface area contributed by atoms with E-state index < -0.39 is 0 Å². The van der Waals surface area contributed by atoms with Crippen molar-refractivity contribution in [2.45, 2.75) is 18.2 Å². The van der Waals surface area contributed by atoms with Crippen LogP contribution in [-0.2, 0) is 0 Å². The highest BCUT2D eigenvalue weighted by molar-refractivity contribution is 6.21. The molecule has 0 amide bonds. The van der Waals surface area contributed by atoms with Gasteiger partial charge in [0.15, 0.2) is 0 Å².